The Kier molecular flexibility index (Phi) is 5.65. The summed E-state index contributed by atoms with van der Waals surface area (Å²) < 4.78 is 1.71. The third-order valence-corrected chi connectivity index (χ3v) is 4.14. The molecular weight excluding hydrogens is 444 g/mol. The van der Waals surface area contributed by atoms with Crippen molar-refractivity contribution < 1.29 is 10.2 Å². The minimum Gasteiger partial charge on any atom is -0.506 e. The standard InChI is InChI=1S/C12H15I2NO2/c1-6(2)9(5-16)11(15)8-3-7(13)4-10(14)12(8)17/h3-4,6,9,15-17H,5H2,1-2H3. The second-order valence-corrected chi connectivity index (χ2v) is 6.64. The first kappa shape index (κ1) is 15.2. The van der Waals surface area contributed by atoms with Crippen molar-refractivity contribution in [3.8, 4) is 5.75 Å². The van der Waals surface area contributed by atoms with Gasteiger partial charge in [-0.3, -0.25) is 0 Å². The summed E-state index contributed by atoms with van der Waals surface area (Å²) in [6.07, 6.45) is 0. The average molecular weight is 459 g/mol. The van der Waals surface area contributed by atoms with Gasteiger partial charge in [-0.1, -0.05) is 13.8 Å². The van der Waals surface area contributed by atoms with Crippen molar-refractivity contribution in [2.24, 2.45) is 11.8 Å². The van der Waals surface area contributed by atoms with E-state index < -0.39 is 0 Å². The van der Waals surface area contributed by atoms with Crippen molar-refractivity contribution in [2.75, 3.05) is 6.61 Å². The third-order valence-electron chi connectivity index (χ3n) is 2.69. The number of halogens is 2. The second-order valence-electron chi connectivity index (χ2n) is 4.23. The van der Waals surface area contributed by atoms with Crippen molar-refractivity contribution in [1.82, 2.24) is 0 Å². The maximum Gasteiger partial charge on any atom is 0.138 e. The van der Waals surface area contributed by atoms with Gasteiger partial charge in [-0.2, -0.15) is 0 Å². The number of aromatic hydroxyl groups is 1. The second kappa shape index (κ2) is 6.33. The molecule has 0 aromatic heterocycles. The van der Waals surface area contributed by atoms with Crippen LogP contribution in [0.4, 0.5) is 0 Å². The molecule has 0 saturated carbocycles. The third kappa shape index (κ3) is 3.54. The van der Waals surface area contributed by atoms with E-state index in [0.29, 0.717) is 11.3 Å². The fraction of sp³-hybridized carbons (Fsp3) is 0.417. The van der Waals surface area contributed by atoms with Crippen LogP contribution in [0.2, 0.25) is 0 Å². The van der Waals surface area contributed by atoms with Gasteiger partial charge in [0.05, 0.1) is 10.2 Å². The lowest BCUT2D eigenvalue weighted by molar-refractivity contribution is 0.232. The van der Waals surface area contributed by atoms with E-state index in [-0.39, 0.29) is 24.2 Å². The van der Waals surface area contributed by atoms with Crippen LogP contribution in [0.5, 0.6) is 5.75 Å². The van der Waals surface area contributed by atoms with E-state index in [2.05, 4.69) is 22.6 Å². The molecule has 0 aliphatic rings. The van der Waals surface area contributed by atoms with Crippen LogP contribution in [0, 0.1) is 24.4 Å². The van der Waals surface area contributed by atoms with Gasteiger partial charge in [0.25, 0.3) is 0 Å². The van der Waals surface area contributed by atoms with Crippen molar-refractivity contribution in [3.63, 3.8) is 0 Å². The average Bonchev–Trinajstić information content (AvgIpc) is 2.23. The van der Waals surface area contributed by atoms with E-state index in [1.165, 1.54) is 0 Å². The lowest BCUT2D eigenvalue weighted by Crippen LogP contribution is -2.24. The number of hydrogen-bond acceptors (Lipinski definition) is 3. The summed E-state index contributed by atoms with van der Waals surface area (Å²) in [6.45, 7) is 3.86. The monoisotopic (exact) mass is 459 g/mol. The molecular formula is C12H15I2NO2. The first-order valence-corrected chi connectivity index (χ1v) is 7.41. The number of hydrogen-bond donors (Lipinski definition) is 3. The summed E-state index contributed by atoms with van der Waals surface area (Å²) in [7, 11) is 0. The normalized spacial score (nSPS) is 12.8. The van der Waals surface area contributed by atoms with E-state index in [4.69, 9.17) is 5.41 Å². The van der Waals surface area contributed by atoms with Gasteiger partial charge in [-0.25, -0.2) is 0 Å². The predicted molar refractivity (Wildman–Crippen MR) is 85.8 cm³/mol. The predicted octanol–water partition coefficient (Wildman–Crippen LogP) is 3.23. The maximum absolute atomic E-state index is 9.99. The Morgan fingerprint density at radius 2 is 1.94 bits per heavy atom. The van der Waals surface area contributed by atoms with Crippen LogP contribution >= 0.6 is 45.2 Å². The largest absolute Gasteiger partial charge is 0.506 e. The summed E-state index contributed by atoms with van der Waals surface area (Å²) in [5.41, 5.74) is 0.825. The lowest BCUT2D eigenvalue weighted by Gasteiger charge is -2.20. The molecule has 1 unspecified atom stereocenters. The van der Waals surface area contributed by atoms with Crippen molar-refractivity contribution in [1.29, 1.82) is 5.41 Å². The molecule has 0 heterocycles. The van der Waals surface area contributed by atoms with Crippen molar-refractivity contribution in [2.45, 2.75) is 13.8 Å². The number of rotatable bonds is 4. The fourth-order valence-corrected chi connectivity index (χ4v) is 3.45. The molecule has 0 amide bonds. The quantitative estimate of drug-likeness (QED) is 0.479. The van der Waals surface area contributed by atoms with Crippen molar-refractivity contribution in [3.05, 3.63) is 24.8 Å². The molecule has 0 saturated heterocycles. The molecule has 0 bridgehead atoms. The van der Waals surface area contributed by atoms with E-state index in [1.54, 1.807) is 6.07 Å². The molecule has 1 aromatic rings. The highest BCUT2D eigenvalue weighted by molar-refractivity contribution is 14.1. The Balaban J connectivity index is 3.20. The lowest BCUT2D eigenvalue weighted by atomic mass is 9.87. The summed E-state index contributed by atoms with van der Waals surface area (Å²) in [5, 5.41) is 27.4. The molecule has 0 radical (unpaired) electrons. The molecule has 0 aliphatic carbocycles. The highest BCUT2D eigenvalue weighted by Crippen LogP contribution is 2.30. The van der Waals surface area contributed by atoms with E-state index in [9.17, 15) is 10.2 Å². The highest BCUT2D eigenvalue weighted by Gasteiger charge is 2.22. The summed E-state index contributed by atoms with van der Waals surface area (Å²) in [5.74, 6) is 0.0624. The molecule has 5 heteroatoms. The Bertz CT molecular complexity index is 433. The Morgan fingerprint density at radius 1 is 1.35 bits per heavy atom. The Hall–Kier alpha value is 0.110. The summed E-state index contributed by atoms with van der Waals surface area (Å²) in [4.78, 5) is 0. The maximum atomic E-state index is 9.99. The Labute approximate surface area is 128 Å². The molecule has 17 heavy (non-hydrogen) atoms. The molecule has 0 fully saturated rings. The summed E-state index contributed by atoms with van der Waals surface area (Å²) >= 11 is 4.21. The van der Waals surface area contributed by atoms with Gasteiger partial charge in [0.15, 0.2) is 0 Å². The zero-order valence-electron chi connectivity index (χ0n) is 9.67. The van der Waals surface area contributed by atoms with Gasteiger partial charge < -0.3 is 15.6 Å². The van der Waals surface area contributed by atoms with Gasteiger partial charge in [0.2, 0.25) is 0 Å². The number of benzene rings is 1. The van der Waals surface area contributed by atoms with E-state index in [0.717, 1.165) is 7.14 Å². The molecule has 94 valence electrons. The van der Waals surface area contributed by atoms with E-state index >= 15 is 0 Å². The number of aliphatic hydroxyl groups excluding tert-OH is 1. The minimum atomic E-state index is -0.241. The van der Waals surface area contributed by atoms with Crippen LogP contribution in [-0.2, 0) is 0 Å². The minimum absolute atomic E-state index is 0.0714. The van der Waals surface area contributed by atoms with E-state index in [1.807, 2.05) is 42.5 Å². The summed E-state index contributed by atoms with van der Waals surface area (Å²) in [6, 6.07) is 3.64. The molecule has 1 aromatic carbocycles. The Morgan fingerprint density at radius 3 is 2.41 bits per heavy atom. The number of nitrogens with one attached hydrogen (secondary N) is 1. The van der Waals surface area contributed by atoms with Crippen molar-refractivity contribution >= 4 is 50.9 Å². The van der Waals surface area contributed by atoms with Crippen LogP contribution < -0.4 is 0 Å². The van der Waals surface area contributed by atoms with Gasteiger partial charge in [-0.15, -0.1) is 0 Å². The molecule has 1 atom stereocenters. The zero-order chi connectivity index (χ0) is 13.2. The first-order chi connectivity index (χ1) is 7.88. The molecule has 3 N–H and O–H groups in total. The number of phenolic OH excluding ortho intramolecular Hbond substituents is 1. The van der Waals surface area contributed by atoms with Gasteiger partial charge in [0, 0.05) is 20.8 Å². The van der Waals surface area contributed by atoms with Crippen LogP contribution in [0.3, 0.4) is 0 Å². The van der Waals surface area contributed by atoms with Gasteiger partial charge >= 0.3 is 0 Å². The first-order valence-electron chi connectivity index (χ1n) is 5.26. The smallest absolute Gasteiger partial charge is 0.138 e. The van der Waals surface area contributed by atoms with Crippen LogP contribution in [0.1, 0.15) is 19.4 Å². The van der Waals surface area contributed by atoms with Crippen LogP contribution in [0.25, 0.3) is 0 Å². The molecule has 0 spiro atoms. The SMILES string of the molecule is CC(C)C(CO)C(=N)c1cc(I)cc(I)c1O. The highest BCUT2D eigenvalue weighted by atomic mass is 127. The molecule has 0 aliphatic heterocycles. The van der Waals surface area contributed by atoms with Crippen LogP contribution in [0.15, 0.2) is 12.1 Å². The number of aliphatic hydroxyl groups is 1. The zero-order valence-corrected chi connectivity index (χ0v) is 14.0. The topological polar surface area (TPSA) is 64.3 Å². The van der Waals surface area contributed by atoms with Gasteiger partial charge in [0.1, 0.15) is 5.75 Å². The van der Waals surface area contributed by atoms with Crippen LogP contribution in [-0.4, -0.2) is 22.5 Å². The van der Waals surface area contributed by atoms with Gasteiger partial charge in [-0.05, 0) is 63.2 Å². The molecule has 1 rings (SSSR count). The fourth-order valence-electron chi connectivity index (χ4n) is 1.61. The number of phenols is 1. The molecule has 3 nitrogen and oxygen atoms in total.